The fourth-order valence-electron chi connectivity index (χ4n) is 1.67. The van der Waals surface area contributed by atoms with Gasteiger partial charge in [-0.05, 0) is 12.1 Å². The van der Waals surface area contributed by atoms with Gasteiger partial charge in [-0.1, -0.05) is 0 Å². The summed E-state index contributed by atoms with van der Waals surface area (Å²) in [5, 5.41) is 21.8. The summed E-state index contributed by atoms with van der Waals surface area (Å²) >= 11 is 0. The summed E-state index contributed by atoms with van der Waals surface area (Å²) in [5.74, 6) is -1.77. The van der Waals surface area contributed by atoms with E-state index < -0.39 is 30.4 Å². The maximum Gasteiger partial charge on any atom is 0.326 e. The lowest BCUT2D eigenvalue weighted by Gasteiger charge is -2.13. The molecule has 0 spiro atoms. The maximum absolute atomic E-state index is 11.7. The monoisotopic (exact) mass is 296 g/mol. The van der Waals surface area contributed by atoms with Crippen molar-refractivity contribution in [2.24, 2.45) is 0 Å². The van der Waals surface area contributed by atoms with Crippen LogP contribution in [0.4, 0.5) is 10.5 Å². The molecule has 1 aliphatic heterocycles. The number of rotatable bonds is 5. The molecule has 2 amide bonds. The van der Waals surface area contributed by atoms with Gasteiger partial charge in [-0.3, -0.25) is 4.79 Å². The van der Waals surface area contributed by atoms with E-state index in [1.807, 2.05) is 0 Å². The Labute approximate surface area is 118 Å². The SMILES string of the molecule is O=C(O)C[C@@H](NC(=O)Nc1ccc2c(c1)OCO2)C(=O)O. The standard InChI is InChI=1S/C12H12N2O7/c15-10(16)4-7(11(17)18)14-12(19)13-6-1-2-8-9(3-6)21-5-20-8/h1-3,7H,4-5H2,(H,15,16)(H,17,18)(H2,13,14,19)/t7-/m1/s1. The van der Waals surface area contributed by atoms with Gasteiger partial charge in [0, 0.05) is 11.8 Å². The van der Waals surface area contributed by atoms with Gasteiger partial charge >= 0.3 is 18.0 Å². The van der Waals surface area contributed by atoms with Crippen LogP contribution in [0.15, 0.2) is 18.2 Å². The van der Waals surface area contributed by atoms with Crippen LogP contribution in [0.1, 0.15) is 6.42 Å². The molecule has 0 saturated carbocycles. The molecule has 112 valence electrons. The van der Waals surface area contributed by atoms with Crippen LogP contribution in [0.5, 0.6) is 11.5 Å². The number of hydrogen-bond donors (Lipinski definition) is 4. The molecule has 1 heterocycles. The second-order valence-corrected chi connectivity index (χ2v) is 4.16. The number of nitrogens with one attached hydrogen (secondary N) is 2. The lowest BCUT2D eigenvalue weighted by molar-refractivity contribution is -0.145. The highest BCUT2D eigenvalue weighted by molar-refractivity contribution is 5.93. The first kappa shape index (κ1) is 14.4. The molecule has 4 N–H and O–H groups in total. The smallest absolute Gasteiger partial charge is 0.326 e. The van der Waals surface area contributed by atoms with Crippen molar-refractivity contribution in [3.05, 3.63) is 18.2 Å². The van der Waals surface area contributed by atoms with Crippen LogP contribution < -0.4 is 20.1 Å². The summed E-state index contributed by atoms with van der Waals surface area (Å²) in [6, 6.07) is 2.29. The van der Waals surface area contributed by atoms with Crippen molar-refractivity contribution in [2.75, 3.05) is 12.1 Å². The van der Waals surface area contributed by atoms with Crippen LogP contribution in [-0.4, -0.2) is 41.0 Å². The predicted molar refractivity (Wildman–Crippen MR) is 68.4 cm³/mol. The number of carbonyl (C=O) groups excluding carboxylic acids is 1. The highest BCUT2D eigenvalue weighted by Crippen LogP contribution is 2.34. The van der Waals surface area contributed by atoms with Crippen molar-refractivity contribution in [3.63, 3.8) is 0 Å². The molecule has 1 aliphatic rings. The summed E-state index contributed by atoms with van der Waals surface area (Å²) < 4.78 is 10.2. The van der Waals surface area contributed by atoms with Gasteiger partial charge in [0.25, 0.3) is 0 Å². The van der Waals surface area contributed by atoms with Crippen molar-refractivity contribution in [1.29, 1.82) is 0 Å². The Hall–Kier alpha value is -2.97. The molecule has 2 rings (SSSR count). The Bertz CT molecular complexity index is 587. The van der Waals surface area contributed by atoms with Crippen molar-refractivity contribution in [2.45, 2.75) is 12.5 Å². The molecular weight excluding hydrogens is 284 g/mol. The number of carboxylic acid groups (broad SMARTS) is 2. The molecule has 0 bridgehead atoms. The van der Waals surface area contributed by atoms with E-state index in [1.54, 1.807) is 12.1 Å². The Morgan fingerprint density at radius 2 is 1.90 bits per heavy atom. The van der Waals surface area contributed by atoms with Crippen molar-refractivity contribution in [1.82, 2.24) is 5.32 Å². The zero-order chi connectivity index (χ0) is 15.4. The van der Waals surface area contributed by atoms with Gasteiger partial charge in [-0.2, -0.15) is 0 Å². The first-order chi connectivity index (χ1) is 9.95. The molecule has 1 aromatic carbocycles. The Kier molecular flexibility index (Phi) is 4.12. The number of carboxylic acids is 2. The highest BCUT2D eigenvalue weighted by Gasteiger charge is 2.23. The van der Waals surface area contributed by atoms with Crippen LogP contribution in [0.3, 0.4) is 0 Å². The molecule has 1 atom stereocenters. The molecule has 0 fully saturated rings. The van der Waals surface area contributed by atoms with E-state index in [2.05, 4.69) is 10.6 Å². The van der Waals surface area contributed by atoms with Gasteiger partial charge in [0.2, 0.25) is 6.79 Å². The van der Waals surface area contributed by atoms with E-state index in [0.717, 1.165) is 0 Å². The molecular formula is C12H12N2O7. The third-order valence-corrected chi connectivity index (χ3v) is 2.61. The summed E-state index contributed by atoms with van der Waals surface area (Å²) in [4.78, 5) is 33.0. The fraction of sp³-hybridized carbons (Fsp3) is 0.250. The summed E-state index contributed by atoms with van der Waals surface area (Å²) in [5.41, 5.74) is 0.358. The van der Waals surface area contributed by atoms with E-state index in [4.69, 9.17) is 19.7 Å². The zero-order valence-electron chi connectivity index (χ0n) is 10.7. The molecule has 0 unspecified atom stereocenters. The van der Waals surface area contributed by atoms with Gasteiger partial charge in [0.15, 0.2) is 11.5 Å². The van der Waals surface area contributed by atoms with Crippen molar-refractivity contribution >= 4 is 23.7 Å². The van der Waals surface area contributed by atoms with Crippen LogP contribution in [0.2, 0.25) is 0 Å². The number of carbonyl (C=O) groups is 3. The normalized spacial score (nSPS) is 13.3. The van der Waals surface area contributed by atoms with Crippen molar-refractivity contribution in [3.8, 4) is 11.5 Å². The van der Waals surface area contributed by atoms with Gasteiger partial charge in [-0.15, -0.1) is 0 Å². The topological polar surface area (TPSA) is 134 Å². The lowest BCUT2D eigenvalue weighted by atomic mass is 10.2. The molecule has 0 aromatic heterocycles. The Balaban J connectivity index is 1.97. The number of amides is 2. The average molecular weight is 296 g/mol. The number of ether oxygens (including phenoxy) is 2. The number of benzene rings is 1. The van der Waals surface area contributed by atoms with E-state index >= 15 is 0 Å². The minimum absolute atomic E-state index is 0.0880. The number of urea groups is 1. The Morgan fingerprint density at radius 1 is 1.19 bits per heavy atom. The second kappa shape index (κ2) is 5.99. The molecule has 9 heteroatoms. The first-order valence-corrected chi connectivity index (χ1v) is 5.87. The lowest BCUT2D eigenvalue weighted by Crippen LogP contribution is -2.44. The van der Waals surface area contributed by atoms with E-state index in [9.17, 15) is 14.4 Å². The Morgan fingerprint density at radius 3 is 2.57 bits per heavy atom. The summed E-state index contributed by atoms with van der Waals surface area (Å²) in [7, 11) is 0. The predicted octanol–water partition coefficient (Wildman–Crippen LogP) is 0.465. The van der Waals surface area contributed by atoms with Gasteiger partial charge in [0.05, 0.1) is 6.42 Å². The van der Waals surface area contributed by atoms with Crippen LogP contribution >= 0.6 is 0 Å². The average Bonchev–Trinajstić information content (AvgIpc) is 2.84. The third-order valence-electron chi connectivity index (χ3n) is 2.61. The first-order valence-electron chi connectivity index (χ1n) is 5.87. The fourth-order valence-corrected chi connectivity index (χ4v) is 1.67. The van der Waals surface area contributed by atoms with Gasteiger partial charge in [0.1, 0.15) is 6.04 Å². The molecule has 1 aromatic rings. The number of aliphatic carboxylic acids is 2. The number of anilines is 1. The largest absolute Gasteiger partial charge is 0.481 e. The molecule has 9 nitrogen and oxygen atoms in total. The summed E-state index contributed by atoms with van der Waals surface area (Å²) in [6.45, 7) is 0.0880. The quantitative estimate of drug-likeness (QED) is 0.620. The van der Waals surface area contributed by atoms with Crippen LogP contribution in [0.25, 0.3) is 0 Å². The van der Waals surface area contributed by atoms with E-state index in [0.29, 0.717) is 17.2 Å². The number of hydrogen-bond acceptors (Lipinski definition) is 5. The molecule has 0 radical (unpaired) electrons. The molecule has 21 heavy (non-hydrogen) atoms. The summed E-state index contributed by atoms with van der Waals surface area (Å²) in [6.07, 6.45) is -0.718. The third kappa shape index (κ3) is 3.75. The second-order valence-electron chi connectivity index (χ2n) is 4.16. The maximum atomic E-state index is 11.7. The van der Waals surface area contributed by atoms with E-state index in [1.165, 1.54) is 6.07 Å². The van der Waals surface area contributed by atoms with Gasteiger partial charge < -0.3 is 30.3 Å². The minimum Gasteiger partial charge on any atom is -0.481 e. The van der Waals surface area contributed by atoms with Gasteiger partial charge in [-0.25, -0.2) is 9.59 Å². The van der Waals surface area contributed by atoms with Crippen molar-refractivity contribution < 1.29 is 34.1 Å². The molecule has 0 aliphatic carbocycles. The molecule has 0 saturated heterocycles. The van der Waals surface area contributed by atoms with Crippen LogP contribution in [-0.2, 0) is 9.59 Å². The number of fused-ring (bicyclic) bond motifs is 1. The zero-order valence-corrected chi connectivity index (χ0v) is 10.7. The minimum atomic E-state index is -1.52. The van der Waals surface area contributed by atoms with Crippen LogP contribution in [0, 0.1) is 0 Å². The van der Waals surface area contributed by atoms with E-state index in [-0.39, 0.29) is 6.79 Å². The highest BCUT2D eigenvalue weighted by atomic mass is 16.7.